The molecule has 11 heteroatoms. The maximum absolute atomic E-state index is 12.8. The number of nitrogens with one attached hydrogen (secondary N) is 1. The first-order valence-electron chi connectivity index (χ1n) is 9.19. The van der Waals surface area contributed by atoms with Gasteiger partial charge in [0.25, 0.3) is 5.91 Å². The highest BCUT2D eigenvalue weighted by atomic mass is 35.5. The van der Waals surface area contributed by atoms with Crippen molar-refractivity contribution in [2.24, 2.45) is 7.05 Å². The number of aryl methyl sites for hydroxylation is 1. The molecule has 0 bridgehead atoms. The number of halogens is 3. The monoisotopic (exact) mass is 456 g/mol. The first-order chi connectivity index (χ1) is 15.3. The zero-order valence-corrected chi connectivity index (χ0v) is 17.3. The number of rotatable bonds is 6. The van der Waals surface area contributed by atoms with E-state index < -0.39 is 11.5 Å². The molecule has 0 atom stereocenters. The van der Waals surface area contributed by atoms with E-state index in [4.69, 9.17) is 11.6 Å². The number of hydrogen-bond acceptors (Lipinski definition) is 6. The summed E-state index contributed by atoms with van der Waals surface area (Å²) in [5.74, 6) is -0.583. The molecule has 4 rings (SSSR count). The van der Waals surface area contributed by atoms with E-state index in [-0.39, 0.29) is 11.3 Å². The second-order valence-corrected chi connectivity index (χ2v) is 7.10. The fourth-order valence-corrected chi connectivity index (χ4v) is 3.07. The SMILES string of the molecule is Cn1cncc1-c1ncc(C(=O)Nc2ccc(OC(F)(F)Cl)cc2)cc1-c1cncnc1. The van der Waals surface area contributed by atoms with Gasteiger partial charge in [0.15, 0.2) is 0 Å². The quantitative estimate of drug-likeness (QED) is 0.433. The molecule has 4 aromatic rings. The summed E-state index contributed by atoms with van der Waals surface area (Å²) in [5, 5.41) is 2.69. The van der Waals surface area contributed by atoms with Crippen LogP contribution in [0.4, 0.5) is 14.5 Å². The molecule has 1 N–H and O–H groups in total. The number of amides is 1. The van der Waals surface area contributed by atoms with E-state index in [0.29, 0.717) is 22.5 Å². The molecule has 3 heterocycles. The van der Waals surface area contributed by atoms with Crippen molar-refractivity contribution in [3.05, 3.63) is 73.3 Å². The minimum atomic E-state index is -3.82. The van der Waals surface area contributed by atoms with Crippen molar-refractivity contribution >= 4 is 23.2 Å². The highest BCUT2D eigenvalue weighted by Crippen LogP contribution is 2.30. The zero-order chi connectivity index (χ0) is 22.7. The third-order valence-electron chi connectivity index (χ3n) is 4.43. The van der Waals surface area contributed by atoms with Gasteiger partial charge in [-0.1, -0.05) is 0 Å². The van der Waals surface area contributed by atoms with Crippen molar-refractivity contribution in [2.45, 2.75) is 5.57 Å². The van der Waals surface area contributed by atoms with Crippen LogP contribution in [0.25, 0.3) is 22.5 Å². The lowest BCUT2D eigenvalue weighted by Gasteiger charge is -2.13. The topological polar surface area (TPSA) is 94.8 Å². The van der Waals surface area contributed by atoms with E-state index in [2.05, 4.69) is 30.0 Å². The lowest BCUT2D eigenvalue weighted by atomic mass is 10.0. The summed E-state index contributed by atoms with van der Waals surface area (Å²) in [5.41, 5.74) is -0.474. The summed E-state index contributed by atoms with van der Waals surface area (Å²) in [7, 11) is 1.84. The molecule has 0 unspecified atom stereocenters. The number of alkyl halides is 3. The van der Waals surface area contributed by atoms with Crippen LogP contribution in [0.3, 0.4) is 0 Å². The summed E-state index contributed by atoms with van der Waals surface area (Å²) < 4.78 is 31.5. The lowest BCUT2D eigenvalue weighted by molar-refractivity contribution is -0.0964. The Morgan fingerprint density at radius 2 is 1.81 bits per heavy atom. The minimum absolute atomic E-state index is 0.142. The predicted octanol–water partition coefficient (Wildman–Crippen LogP) is 4.36. The highest BCUT2D eigenvalue weighted by Gasteiger charge is 2.27. The first kappa shape index (κ1) is 21.3. The number of pyridine rings is 1. The largest absolute Gasteiger partial charge is 0.487 e. The predicted molar refractivity (Wildman–Crippen MR) is 113 cm³/mol. The molecular weight excluding hydrogens is 442 g/mol. The van der Waals surface area contributed by atoms with Gasteiger partial charge in [-0.15, -0.1) is 8.78 Å². The fraction of sp³-hybridized carbons (Fsp3) is 0.0952. The number of benzene rings is 1. The average molecular weight is 457 g/mol. The van der Waals surface area contributed by atoms with Crippen LogP contribution in [0.2, 0.25) is 0 Å². The van der Waals surface area contributed by atoms with E-state index in [9.17, 15) is 13.6 Å². The van der Waals surface area contributed by atoms with Crippen molar-refractivity contribution in [3.8, 4) is 28.3 Å². The number of ether oxygens (including phenoxy) is 1. The maximum Gasteiger partial charge on any atom is 0.487 e. The van der Waals surface area contributed by atoms with Crippen molar-refractivity contribution in [1.29, 1.82) is 0 Å². The lowest BCUT2D eigenvalue weighted by Crippen LogP contribution is -2.16. The number of nitrogens with zero attached hydrogens (tertiary/aromatic N) is 5. The number of carbonyl (C=O) groups excluding carboxylic acids is 1. The number of anilines is 1. The van der Waals surface area contributed by atoms with Gasteiger partial charge in [-0.05, 0) is 30.3 Å². The molecule has 0 aliphatic heterocycles. The second kappa shape index (κ2) is 8.67. The standard InChI is InChI=1S/C21H15ClF2N6O2/c1-30-12-27-10-18(30)19-17(14-7-25-11-26-8-14)6-13(9-28-19)20(31)29-15-2-4-16(5-3-15)32-21(22,23)24/h2-12H,1H3,(H,29,31). The summed E-state index contributed by atoms with van der Waals surface area (Å²) in [6.45, 7) is 0. The molecule has 0 aliphatic carbocycles. The third kappa shape index (κ3) is 4.86. The molecule has 0 radical (unpaired) electrons. The van der Waals surface area contributed by atoms with E-state index >= 15 is 0 Å². The molecule has 32 heavy (non-hydrogen) atoms. The Morgan fingerprint density at radius 1 is 1.09 bits per heavy atom. The van der Waals surface area contributed by atoms with Gasteiger partial charge >= 0.3 is 5.57 Å². The van der Waals surface area contributed by atoms with Crippen molar-refractivity contribution in [1.82, 2.24) is 24.5 Å². The van der Waals surface area contributed by atoms with Crippen molar-refractivity contribution < 1.29 is 18.3 Å². The molecule has 1 aromatic carbocycles. The minimum Gasteiger partial charge on any atom is -0.420 e. The number of imidazole rings is 1. The Bertz CT molecular complexity index is 1240. The molecule has 0 fully saturated rings. The van der Waals surface area contributed by atoms with Gasteiger partial charge in [0, 0.05) is 54.1 Å². The molecular formula is C21H15ClF2N6O2. The number of aromatic nitrogens is 5. The Hall–Kier alpha value is -3.92. The van der Waals surface area contributed by atoms with Gasteiger partial charge in [-0.2, -0.15) is 0 Å². The maximum atomic E-state index is 12.8. The molecule has 0 saturated heterocycles. The average Bonchev–Trinajstić information content (AvgIpc) is 3.20. The van der Waals surface area contributed by atoms with Crippen LogP contribution in [-0.2, 0) is 7.05 Å². The van der Waals surface area contributed by atoms with E-state index in [1.165, 1.54) is 36.8 Å². The van der Waals surface area contributed by atoms with E-state index in [0.717, 1.165) is 5.69 Å². The highest BCUT2D eigenvalue weighted by molar-refractivity contribution is 6.20. The van der Waals surface area contributed by atoms with Crippen LogP contribution in [-0.4, -0.2) is 36.0 Å². The van der Waals surface area contributed by atoms with Crippen molar-refractivity contribution in [2.75, 3.05) is 5.32 Å². The number of hydrogen-bond donors (Lipinski definition) is 1. The Kier molecular flexibility index (Phi) is 5.78. The molecule has 1 amide bonds. The van der Waals surface area contributed by atoms with Gasteiger partial charge in [0.1, 0.15) is 12.1 Å². The van der Waals surface area contributed by atoms with Crippen LogP contribution < -0.4 is 10.1 Å². The molecule has 3 aromatic heterocycles. The summed E-state index contributed by atoms with van der Waals surface area (Å²) in [6.07, 6.45) is 9.41. The third-order valence-corrected chi connectivity index (χ3v) is 4.50. The van der Waals surface area contributed by atoms with Crippen molar-refractivity contribution in [3.63, 3.8) is 0 Å². The second-order valence-electron chi connectivity index (χ2n) is 6.66. The molecule has 162 valence electrons. The van der Waals surface area contributed by atoms with E-state index in [1.54, 1.807) is 31.0 Å². The smallest absolute Gasteiger partial charge is 0.420 e. The molecule has 0 spiro atoms. The zero-order valence-electron chi connectivity index (χ0n) is 16.5. The van der Waals surface area contributed by atoms with Crippen LogP contribution in [0.1, 0.15) is 10.4 Å². The van der Waals surface area contributed by atoms with Crippen LogP contribution >= 0.6 is 11.6 Å². The Morgan fingerprint density at radius 3 is 2.44 bits per heavy atom. The van der Waals surface area contributed by atoms with Gasteiger partial charge in [-0.25, -0.2) is 15.0 Å². The van der Waals surface area contributed by atoms with E-state index in [1.807, 2.05) is 11.6 Å². The molecule has 0 aliphatic rings. The van der Waals surface area contributed by atoms with Crippen LogP contribution in [0.15, 0.2) is 67.8 Å². The normalized spacial score (nSPS) is 11.2. The summed E-state index contributed by atoms with van der Waals surface area (Å²) in [4.78, 5) is 29.5. The van der Waals surface area contributed by atoms with Crippen LogP contribution in [0, 0.1) is 0 Å². The number of carbonyl (C=O) groups is 1. The van der Waals surface area contributed by atoms with Gasteiger partial charge in [0.2, 0.25) is 0 Å². The Balaban J connectivity index is 1.63. The van der Waals surface area contributed by atoms with Gasteiger partial charge < -0.3 is 14.6 Å². The van der Waals surface area contributed by atoms with Crippen LogP contribution in [0.5, 0.6) is 5.75 Å². The molecule has 8 nitrogen and oxygen atoms in total. The fourth-order valence-electron chi connectivity index (χ4n) is 2.98. The summed E-state index contributed by atoms with van der Waals surface area (Å²) >= 11 is 4.75. The summed E-state index contributed by atoms with van der Waals surface area (Å²) in [6, 6.07) is 7.04. The molecule has 0 saturated carbocycles. The van der Waals surface area contributed by atoms with Gasteiger partial charge in [0.05, 0.1) is 29.5 Å². The first-order valence-corrected chi connectivity index (χ1v) is 9.57. The Labute approximate surface area is 185 Å². The van der Waals surface area contributed by atoms with Gasteiger partial charge in [-0.3, -0.25) is 9.78 Å².